The molecule has 1 saturated heterocycles. The van der Waals surface area contributed by atoms with Gasteiger partial charge >= 0.3 is 0 Å². The van der Waals surface area contributed by atoms with E-state index in [2.05, 4.69) is 4.98 Å². The number of nitrogens with zero attached hydrogens (tertiary/aromatic N) is 2. The third-order valence-corrected chi connectivity index (χ3v) is 2.86. The molecule has 18 heavy (non-hydrogen) atoms. The minimum Gasteiger partial charge on any atom is -0.272 e. The summed E-state index contributed by atoms with van der Waals surface area (Å²) in [5, 5.41) is 1.36. The van der Waals surface area contributed by atoms with E-state index in [0.717, 1.165) is 6.20 Å². The maximum absolute atomic E-state index is 13.2. The maximum Gasteiger partial charge on any atom is 0.252 e. The molecule has 0 N–H and O–H groups in total. The van der Waals surface area contributed by atoms with E-state index in [0.29, 0.717) is 18.6 Å². The Hall–Kier alpha value is -1.49. The molecular formula is C13H17FN2O2. The van der Waals surface area contributed by atoms with Gasteiger partial charge in [-0.15, -0.1) is 0 Å². The predicted molar refractivity (Wildman–Crippen MR) is 63.8 cm³/mol. The van der Waals surface area contributed by atoms with Crippen LogP contribution in [0.25, 0.3) is 0 Å². The first kappa shape index (κ1) is 13.0. The number of aromatic nitrogens is 1. The first-order valence-corrected chi connectivity index (χ1v) is 5.96. The van der Waals surface area contributed by atoms with Gasteiger partial charge in [0.1, 0.15) is 5.82 Å². The minimum absolute atomic E-state index is 0.103. The second kappa shape index (κ2) is 4.65. The van der Waals surface area contributed by atoms with Gasteiger partial charge in [-0.25, -0.2) is 9.45 Å². The van der Waals surface area contributed by atoms with Crippen LogP contribution in [0.15, 0.2) is 18.5 Å². The summed E-state index contributed by atoms with van der Waals surface area (Å²) < 4.78 is 13.2. The van der Waals surface area contributed by atoms with Crippen molar-refractivity contribution in [1.29, 1.82) is 0 Å². The van der Waals surface area contributed by atoms with Crippen LogP contribution in [0.4, 0.5) is 4.39 Å². The lowest BCUT2D eigenvalue weighted by Gasteiger charge is -2.28. The Balaban J connectivity index is 2.25. The lowest BCUT2D eigenvalue weighted by Crippen LogP contribution is -2.38. The van der Waals surface area contributed by atoms with Gasteiger partial charge in [-0.2, -0.15) is 0 Å². The zero-order valence-electron chi connectivity index (χ0n) is 10.8. The number of pyridine rings is 1. The van der Waals surface area contributed by atoms with Crippen LogP contribution in [0.5, 0.6) is 0 Å². The highest BCUT2D eigenvalue weighted by molar-refractivity contribution is 5.81. The van der Waals surface area contributed by atoms with Crippen LogP contribution >= 0.6 is 0 Å². The molecule has 5 heteroatoms. The van der Waals surface area contributed by atoms with E-state index in [4.69, 9.17) is 4.84 Å². The van der Waals surface area contributed by atoms with Gasteiger partial charge in [0.25, 0.3) is 5.91 Å². The Morgan fingerprint density at radius 3 is 2.83 bits per heavy atom. The summed E-state index contributed by atoms with van der Waals surface area (Å²) in [4.78, 5) is 21.4. The SMILES string of the molecule is CC(C)(C)C(=O)N1OCC[C@H]1c1cncc(F)c1. The van der Waals surface area contributed by atoms with Crippen LogP contribution in [0.1, 0.15) is 38.8 Å². The van der Waals surface area contributed by atoms with Crippen LogP contribution in [0.2, 0.25) is 0 Å². The summed E-state index contributed by atoms with van der Waals surface area (Å²) in [6, 6.07) is 1.15. The quantitative estimate of drug-likeness (QED) is 0.771. The Labute approximate surface area is 106 Å². The summed E-state index contributed by atoms with van der Waals surface area (Å²) in [5.41, 5.74) is 0.147. The standard InChI is InChI=1S/C13H17FN2O2/c1-13(2,3)12(17)16-11(4-5-18-16)9-6-10(14)8-15-7-9/h6-8,11H,4-5H2,1-3H3/t11-/m0/s1. The Morgan fingerprint density at radius 2 is 2.22 bits per heavy atom. The van der Waals surface area contributed by atoms with Crippen LogP contribution in [-0.4, -0.2) is 22.6 Å². The van der Waals surface area contributed by atoms with Gasteiger partial charge in [-0.05, 0) is 11.6 Å². The van der Waals surface area contributed by atoms with Gasteiger partial charge in [-0.1, -0.05) is 20.8 Å². The van der Waals surface area contributed by atoms with Gasteiger partial charge in [-0.3, -0.25) is 14.6 Å². The molecule has 0 aliphatic carbocycles. The molecule has 0 spiro atoms. The fraction of sp³-hybridized carbons (Fsp3) is 0.538. The van der Waals surface area contributed by atoms with Crippen molar-refractivity contribution < 1.29 is 14.0 Å². The number of hydroxylamine groups is 2. The summed E-state index contributed by atoms with van der Waals surface area (Å²) in [6.07, 6.45) is 3.38. The zero-order valence-corrected chi connectivity index (χ0v) is 10.8. The number of amides is 1. The van der Waals surface area contributed by atoms with Crippen molar-refractivity contribution in [3.8, 4) is 0 Å². The number of hydrogen-bond donors (Lipinski definition) is 0. The number of carbonyl (C=O) groups is 1. The summed E-state index contributed by atoms with van der Waals surface area (Å²) in [6.45, 7) is 5.96. The molecule has 1 aliphatic heterocycles. The normalized spacial score (nSPS) is 20.2. The average molecular weight is 252 g/mol. The van der Waals surface area contributed by atoms with Crippen molar-refractivity contribution in [2.24, 2.45) is 5.41 Å². The summed E-state index contributed by atoms with van der Waals surface area (Å²) >= 11 is 0. The molecule has 2 heterocycles. The van der Waals surface area contributed by atoms with E-state index in [9.17, 15) is 9.18 Å². The fourth-order valence-corrected chi connectivity index (χ4v) is 1.91. The molecule has 1 aromatic rings. The van der Waals surface area contributed by atoms with Crippen molar-refractivity contribution in [3.05, 3.63) is 29.8 Å². The van der Waals surface area contributed by atoms with E-state index in [1.807, 2.05) is 20.8 Å². The van der Waals surface area contributed by atoms with Gasteiger partial charge in [0.15, 0.2) is 0 Å². The van der Waals surface area contributed by atoms with Crippen molar-refractivity contribution >= 4 is 5.91 Å². The van der Waals surface area contributed by atoms with Crippen molar-refractivity contribution in [2.75, 3.05) is 6.61 Å². The molecule has 0 radical (unpaired) electrons. The highest BCUT2D eigenvalue weighted by atomic mass is 19.1. The Bertz CT molecular complexity index is 457. The lowest BCUT2D eigenvalue weighted by atomic mass is 9.94. The molecule has 1 fully saturated rings. The van der Waals surface area contributed by atoms with E-state index < -0.39 is 11.2 Å². The van der Waals surface area contributed by atoms with Crippen LogP contribution in [0, 0.1) is 11.2 Å². The third kappa shape index (κ3) is 2.51. The lowest BCUT2D eigenvalue weighted by molar-refractivity contribution is -0.186. The van der Waals surface area contributed by atoms with Gasteiger partial charge < -0.3 is 0 Å². The van der Waals surface area contributed by atoms with Crippen LogP contribution < -0.4 is 0 Å². The van der Waals surface area contributed by atoms with E-state index >= 15 is 0 Å². The highest BCUT2D eigenvalue weighted by Crippen LogP contribution is 2.33. The zero-order chi connectivity index (χ0) is 13.3. The molecule has 0 unspecified atom stereocenters. The average Bonchev–Trinajstić information content (AvgIpc) is 2.75. The van der Waals surface area contributed by atoms with E-state index in [1.165, 1.54) is 11.1 Å². The van der Waals surface area contributed by atoms with E-state index in [-0.39, 0.29) is 11.9 Å². The number of carbonyl (C=O) groups excluding carboxylic acids is 1. The van der Waals surface area contributed by atoms with Crippen LogP contribution in [0.3, 0.4) is 0 Å². The van der Waals surface area contributed by atoms with Crippen molar-refractivity contribution in [2.45, 2.75) is 33.2 Å². The molecule has 0 aromatic carbocycles. The summed E-state index contributed by atoms with van der Waals surface area (Å²) in [7, 11) is 0. The van der Waals surface area contributed by atoms with E-state index in [1.54, 1.807) is 6.20 Å². The first-order chi connectivity index (χ1) is 8.39. The number of hydrogen-bond acceptors (Lipinski definition) is 3. The predicted octanol–water partition coefficient (Wildman–Crippen LogP) is 2.47. The largest absolute Gasteiger partial charge is 0.272 e. The Morgan fingerprint density at radius 1 is 1.50 bits per heavy atom. The molecular weight excluding hydrogens is 235 g/mol. The highest BCUT2D eigenvalue weighted by Gasteiger charge is 2.37. The fourth-order valence-electron chi connectivity index (χ4n) is 1.91. The molecule has 4 nitrogen and oxygen atoms in total. The van der Waals surface area contributed by atoms with Crippen LogP contribution in [-0.2, 0) is 9.63 Å². The van der Waals surface area contributed by atoms with Crippen molar-refractivity contribution in [1.82, 2.24) is 10.0 Å². The molecule has 2 rings (SSSR count). The van der Waals surface area contributed by atoms with Gasteiger partial charge in [0, 0.05) is 18.0 Å². The smallest absolute Gasteiger partial charge is 0.252 e. The first-order valence-electron chi connectivity index (χ1n) is 5.96. The molecule has 1 atom stereocenters. The van der Waals surface area contributed by atoms with Gasteiger partial charge in [0.05, 0.1) is 18.8 Å². The topological polar surface area (TPSA) is 42.4 Å². The molecule has 1 aromatic heterocycles. The second-order valence-electron chi connectivity index (χ2n) is 5.46. The molecule has 1 aliphatic rings. The number of halogens is 1. The minimum atomic E-state index is -0.524. The summed E-state index contributed by atoms with van der Waals surface area (Å²) in [5.74, 6) is -0.503. The van der Waals surface area contributed by atoms with Crippen molar-refractivity contribution in [3.63, 3.8) is 0 Å². The number of rotatable bonds is 1. The molecule has 1 amide bonds. The monoisotopic (exact) mass is 252 g/mol. The van der Waals surface area contributed by atoms with Gasteiger partial charge in [0.2, 0.25) is 0 Å². The maximum atomic E-state index is 13.2. The molecule has 0 saturated carbocycles. The third-order valence-electron chi connectivity index (χ3n) is 2.86. The Kier molecular flexibility index (Phi) is 3.34. The molecule has 98 valence electrons. The molecule has 0 bridgehead atoms. The second-order valence-corrected chi connectivity index (χ2v) is 5.46.